The summed E-state index contributed by atoms with van der Waals surface area (Å²) in [5, 5.41) is 5.11. The highest BCUT2D eigenvalue weighted by atomic mass is 32.1. The molecule has 1 aromatic heterocycles. The number of rotatable bonds is 6. The third-order valence-electron chi connectivity index (χ3n) is 9.27. The first-order valence-corrected chi connectivity index (χ1v) is 17.2. The summed E-state index contributed by atoms with van der Waals surface area (Å²) in [5.41, 5.74) is 10.7. The average molecular weight is 630 g/mol. The molecule has 1 nitrogen and oxygen atoms in total. The van der Waals surface area contributed by atoms with E-state index in [0.717, 1.165) is 17.1 Å². The highest BCUT2D eigenvalue weighted by Crippen LogP contribution is 2.48. The van der Waals surface area contributed by atoms with Gasteiger partial charge in [0.2, 0.25) is 0 Å². The smallest absolute Gasteiger partial charge is 0.0554 e. The van der Waals surface area contributed by atoms with Crippen LogP contribution in [0.4, 0.5) is 17.1 Å². The second kappa shape index (κ2) is 12.0. The molecule has 0 amide bonds. The van der Waals surface area contributed by atoms with Gasteiger partial charge in [-0.15, -0.1) is 11.3 Å². The molecular weight excluding hydrogens is 599 g/mol. The maximum absolute atomic E-state index is 2.42. The van der Waals surface area contributed by atoms with Gasteiger partial charge in [0.1, 0.15) is 0 Å². The molecule has 0 bridgehead atoms. The SMILES string of the molecule is c1ccc(-c2ccc(N(c3ccc(-c4ccc5ccccc5c4)cc3)c3ccc4c(sc5ccccc54)c3-c3ccccc3)cc2)cc1. The van der Waals surface area contributed by atoms with Gasteiger partial charge in [-0.05, 0) is 81.1 Å². The predicted octanol–water partition coefficient (Wildman–Crippen LogP) is 13.7. The van der Waals surface area contributed by atoms with Crippen molar-refractivity contribution in [1.29, 1.82) is 0 Å². The molecule has 0 spiro atoms. The fourth-order valence-corrected chi connectivity index (χ4v) is 8.15. The summed E-state index contributed by atoms with van der Waals surface area (Å²) >= 11 is 1.88. The topological polar surface area (TPSA) is 3.24 Å². The molecular formula is C46H31NS. The molecule has 0 aliphatic rings. The maximum atomic E-state index is 2.42. The molecule has 0 saturated carbocycles. The molecule has 1 heterocycles. The van der Waals surface area contributed by atoms with E-state index in [1.54, 1.807) is 0 Å². The van der Waals surface area contributed by atoms with Crippen LogP contribution in [0.25, 0.3) is 64.3 Å². The first-order chi connectivity index (χ1) is 23.8. The van der Waals surface area contributed by atoms with E-state index in [1.165, 1.54) is 64.3 Å². The lowest BCUT2D eigenvalue weighted by Gasteiger charge is -2.28. The van der Waals surface area contributed by atoms with Crippen molar-refractivity contribution < 1.29 is 0 Å². The summed E-state index contributed by atoms with van der Waals surface area (Å²) in [4.78, 5) is 2.42. The zero-order chi connectivity index (χ0) is 31.9. The fraction of sp³-hybridized carbons (Fsp3) is 0. The van der Waals surface area contributed by atoms with Crippen molar-refractivity contribution in [2.24, 2.45) is 0 Å². The fourth-order valence-electron chi connectivity index (χ4n) is 6.88. The minimum absolute atomic E-state index is 1.12. The van der Waals surface area contributed by atoms with E-state index in [0.29, 0.717) is 0 Å². The van der Waals surface area contributed by atoms with Crippen molar-refractivity contribution in [3.05, 3.63) is 188 Å². The zero-order valence-electron chi connectivity index (χ0n) is 26.3. The van der Waals surface area contributed by atoms with Crippen LogP contribution in [-0.2, 0) is 0 Å². The van der Waals surface area contributed by atoms with Gasteiger partial charge in [-0.2, -0.15) is 0 Å². The Hall–Kier alpha value is -5.96. The van der Waals surface area contributed by atoms with E-state index >= 15 is 0 Å². The van der Waals surface area contributed by atoms with Crippen molar-refractivity contribution in [2.45, 2.75) is 0 Å². The first-order valence-electron chi connectivity index (χ1n) is 16.3. The Morgan fingerprint density at radius 2 is 0.896 bits per heavy atom. The molecule has 0 atom stereocenters. The number of benzene rings is 8. The van der Waals surface area contributed by atoms with Crippen molar-refractivity contribution >= 4 is 59.3 Å². The predicted molar refractivity (Wildman–Crippen MR) is 208 cm³/mol. The van der Waals surface area contributed by atoms with Gasteiger partial charge in [0.15, 0.2) is 0 Å². The number of hydrogen-bond acceptors (Lipinski definition) is 2. The van der Waals surface area contributed by atoms with Crippen molar-refractivity contribution in [3.8, 4) is 33.4 Å². The number of thiophene rings is 1. The van der Waals surface area contributed by atoms with Crippen LogP contribution in [0.5, 0.6) is 0 Å². The zero-order valence-corrected chi connectivity index (χ0v) is 27.1. The van der Waals surface area contributed by atoms with Crippen LogP contribution in [0.1, 0.15) is 0 Å². The lowest BCUT2D eigenvalue weighted by atomic mass is 9.98. The van der Waals surface area contributed by atoms with E-state index < -0.39 is 0 Å². The molecule has 0 aliphatic carbocycles. The molecule has 0 fully saturated rings. The van der Waals surface area contributed by atoms with Crippen molar-refractivity contribution in [1.82, 2.24) is 0 Å². The van der Waals surface area contributed by atoms with Crippen LogP contribution in [0.2, 0.25) is 0 Å². The maximum Gasteiger partial charge on any atom is 0.0554 e. The summed E-state index contributed by atoms with van der Waals surface area (Å²) in [6.07, 6.45) is 0. The van der Waals surface area contributed by atoms with Gasteiger partial charge in [-0.3, -0.25) is 0 Å². The summed E-state index contributed by atoms with van der Waals surface area (Å²) in [7, 11) is 0. The number of anilines is 3. The van der Waals surface area contributed by atoms with E-state index in [9.17, 15) is 0 Å². The Morgan fingerprint density at radius 3 is 1.60 bits per heavy atom. The van der Waals surface area contributed by atoms with E-state index in [-0.39, 0.29) is 0 Å². The minimum Gasteiger partial charge on any atom is -0.310 e. The molecule has 2 heteroatoms. The number of hydrogen-bond donors (Lipinski definition) is 0. The summed E-state index contributed by atoms with van der Waals surface area (Å²) in [6.45, 7) is 0. The molecule has 8 aromatic carbocycles. The molecule has 0 unspecified atom stereocenters. The minimum atomic E-state index is 1.12. The molecule has 0 radical (unpaired) electrons. The monoisotopic (exact) mass is 629 g/mol. The van der Waals surface area contributed by atoms with E-state index in [2.05, 4.69) is 193 Å². The van der Waals surface area contributed by atoms with Crippen LogP contribution < -0.4 is 4.90 Å². The molecule has 226 valence electrons. The average Bonchev–Trinajstić information content (AvgIpc) is 3.55. The van der Waals surface area contributed by atoms with E-state index in [1.807, 2.05) is 11.3 Å². The molecule has 9 rings (SSSR count). The summed E-state index contributed by atoms with van der Waals surface area (Å²) in [5.74, 6) is 0. The van der Waals surface area contributed by atoms with Crippen LogP contribution >= 0.6 is 11.3 Å². The van der Waals surface area contributed by atoms with Gasteiger partial charge in [0, 0.05) is 37.1 Å². The van der Waals surface area contributed by atoms with Gasteiger partial charge in [0.25, 0.3) is 0 Å². The highest BCUT2D eigenvalue weighted by molar-refractivity contribution is 7.26. The van der Waals surface area contributed by atoms with Gasteiger partial charge < -0.3 is 4.90 Å². The molecule has 0 aliphatic heterocycles. The second-order valence-corrected chi connectivity index (χ2v) is 13.2. The van der Waals surface area contributed by atoms with Crippen LogP contribution in [-0.4, -0.2) is 0 Å². The van der Waals surface area contributed by atoms with Crippen LogP contribution in [0, 0.1) is 0 Å². The third-order valence-corrected chi connectivity index (χ3v) is 10.5. The standard InChI is InChI=1S/C46H31NS/c1-3-11-32(12-4-1)34-21-25-39(26-22-34)47(40-27-23-35(24-28-40)38-20-19-33-13-7-8-16-37(33)31-38)43-30-29-42-41-17-9-10-18-44(41)48-46(42)45(43)36-14-5-2-6-15-36/h1-31H. The Morgan fingerprint density at radius 1 is 0.354 bits per heavy atom. The van der Waals surface area contributed by atoms with Crippen LogP contribution in [0.3, 0.4) is 0 Å². The number of nitrogens with zero attached hydrogens (tertiary/aromatic N) is 1. The quantitative estimate of drug-likeness (QED) is 0.177. The normalized spacial score (nSPS) is 11.3. The molecule has 0 N–H and O–H groups in total. The lowest BCUT2D eigenvalue weighted by molar-refractivity contribution is 1.29. The molecule has 0 saturated heterocycles. The van der Waals surface area contributed by atoms with Gasteiger partial charge in [0.05, 0.1) is 5.69 Å². The van der Waals surface area contributed by atoms with E-state index in [4.69, 9.17) is 0 Å². The summed E-state index contributed by atoms with van der Waals surface area (Å²) < 4.78 is 2.61. The van der Waals surface area contributed by atoms with Gasteiger partial charge in [-0.1, -0.05) is 146 Å². The van der Waals surface area contributed by atoms with Gasteiger partial charge >= 0.3 is 0 Å². The lowest BCUT2D eigenvalue weighted by Crippen LogP contribution is -2.11. The van der Waals surface area contributed by atoms with Gasteiger partial charge in [-0.25, -0.2) is 0 Å². The Labute approximate surface area is 284 Å². The summed E-state index contributed by atoms with van der Waals surface area (Å²) in [6, 6.07) is 68.1. The number of fused-ring (bicyclic) bond motifs is 4. The van der Waals surface area contributed by atoms with Crippen molar-refractivity contribution in [3.63, 3.8) is 0 Å². The van der Waals surface area contributed by atoms with Crippen LogP contribution in [0.15, 0.2) is 188 Å². The van der Waals surface area contributed by atoms with Crippen molar-refractivity contribution in [2.75, 3.05) is 4.90 Å². The Bertz CT molecular complexity index is 2530. The Balaban J connectivity index is 1.24. The molecule has 9 aromatic rings. The third kappa shape index (κ3) is 5.04. The largest absolute Gasteiger partial charge is 0.310 e. The second-order valence-electron chi connectivity index (χ2n) is 12.2. The Kier molecular flexibility index (Phi) is 7.07. The highest BCUT2D eigenvalue weighted by Gasteiger charge is 2.21. The molecule has 48 heavy (non-hydrogen) atoms. The first kappa shape index (κ1) is 28.3.